The summed E-state index contributed by atoms with van der Waals surface area (Å²) in [6, 6.07) is 7.24. The molecule has 0 saturated heterocycles. The first-order valence-corrected chi connectivity index (χ1v) is 4.34. The summed E-state index contributed by atoms with van der Waals surface area (Å²) in [4.78, 5) is 0. The summed E-state index contributed by atoms with van der Waals surface area (Å²) in [7, 11) is 1.62. The molecule has 0 atom stereocenters. The lowest BCUT2D eigenvalue weighted by molar-refractivity contribution is 0.412. The first kappa shape index (κ1) is 9.39. The second kappa shape index (κ2) is 4.36. The van der Waals surface area contributed by atoms with Gasteiger partial charge in [0.2, 0.25) is 0 Å². The number of nitrogens with zero attached hydrogens (tertiary/aromatic N) is 3. The third-order valence-electron chi connectivity index (χ3n) is 1.77. The van der Waals surface area contributed by atoms with Crippen molar-refractivity contribution >= 4 is 0 Å². The molecule has 0 N–H and O–H groups in total. The highest BCUT2D eigenvalue weighted by atomic mass is 16.5. The van der Waals surface area contributed by atoms with Gasteiger partial charge in [0, 0.05) is 0 Å². The Morgan fingerprint density at radius 3 is 2.07 bits per heavy atom. The van der Waals surface area contributed by atoms with Gasteiger partial charge in [0.15, 0.2) is 5.75 Å². The topological polar surface area (TPSA) is 57.1 Å². The van der Waals surface area contributed by atoms with E-state index in [1.54, 1.807) is 19.2 Å². The third kappa shape index (κ3) is 2.40. The Labute approximate surface area is 86.7 Å². The Morgan fingerprint density at radius 1 is 0.867 bits per heavy atom. The monoisotopic (exact) mass is 203 g/mol. The maximum atomic E-state index is 5.46. The number of aromatic nitrogens is 3. The Hall–Kier alpha value is -2.17. The average molecular weight is 203 g/mol. The molecular formula is C10H9N3O2. The molecule has 0 aliphatic rings. The zero-order chi connectivity index (χ0) is 10.5. The molecule has 1 aromatic carbocycles. The molecule has 0 aliphatic heterocycles. The second-order valence-corrected chi connectivity index (χ2v) is 2.76. The highest BCUT2D eigenvalue weighted by molar-refractivity contribution is 5.33. The summed E-state index contributed by atoms with van der Waals surface area (Å²) in [5.41, 5.74) is 0. The standard InChI is InChI=1S/C10H9N3O2/c1-14-8-2-4-9(5-3-8)15-10-6-11-13-12-7-10/h2-7H,1H3. The van der Waals surface area contributed by atoms with Gasteiger partial charge in [-0.25, -0.2) is 0 Å². The van der Waals surface area contributed by atoms with E-state index in [1.807, 2.05) is 12.1 Å². The van der Waals surface area contributed by atoms with Crippen LogP contribution in [0.25, 0.3) is 0 Å². The fraction of sp³-hybridized carbons (Fsp3) is 0.100. The van der Waals surface area contributed by atoms with E-state index in [4.69, 9.17) is 9.47 Å². The van der Waals surface area contributed by atoms with Gasteiger partial charge in [-0.3, -0.25) is 0 Å². The molecule has 0 fully saturated rings. The van der Waals surface area contributed by atoms with Crippen LogP contribution in [0.1, 0.15) is 0 Å². The quantitative estimate of drug-likeness (QED) is 0.759. The van der Waals surface area contributed by atoms with Crippen molar-refractivity contribution < 1.29 is 9.47 Å². The van der Waals surface area contributed by atoms with Gasteiger partial charge in [-0.15, -0.1) is 10.2 Å². The van der Waals surface area contributed by atoms with E-state index < -0.39 is 0 Å². The van der Waals surface area contributed by atoms with E-state index in [-0.39, 0.29) is 0 Å². The van der Waals surface area contributed by atoms with Crippen LogP contribution in [0.2, 0.25) is 0 Å². The van der Waals surface area contributed by atoms with Crippen molar-refractivity contribution in [1.82, 2.24) is 15.4 Å². The number of methoxy groups -OCH3 is 1. The van der Waals surface area contributed by atoms with Crippen molar-refractivity contribution in [1.29, 1.82) is 0 Å². The molecule has 0 unspecified atom stereocenters. The molecule has 1 heterocycles. The van der Waals surface area contributed by atoms with Crippen LogP contribution in [-0.4, -0.2) is 22.5 Å². The van der Waals surface area contributed by atoms with Crippen LogP contribution in [0.5, 0.6) is 17.2 Å². The normalized spacial score (nSPS) is 9.67. The molecule has 0 radical (unpaired) electrons. The van der Waals surface area contributed by atoms with Gasteiger partial charge in [0.05, 0.1) is 19.5 Å². The van der Waals surface area contributed by atoms with E-state index in [1.165, 1.54) is 12.4 Å². The number of hydrogen-bond donors (Lipinski definition) is 0. The van der Waals surface area contributed by atoms with Crippen LogP contribution < -0.4 is 9.47 Å². The highest BCUT2D eigenvalue weighted by Gasteiger charge is 1.97. The summed E-state index contributed by atoms with van der Waals surface area (Å²) in [6.45, 7) is 0. The Bertz CT molecular complexity index is 416. The van der Waals surface area contributed by atoms with Crippen LogP contribution in [0.3, 0.4) is 0 Å². The Kier molecular flexibility index (Phi) is 2.73. The lowest BCUT2D eigenvalue weighted by Crippen LogP contribution is -1.89. The van der Waals surface area contributed by atoms with E-state index in [0.717, 1.165) is 5.75 Å². The fourth-order valence-electron chi connectivity index (χ4n) is 1.06. The van der Waals surface area contributed by atoms with E-state index in [2.05, 4.69) is 15.4 Å². The van der Waals surface area contributed by atoms with E-state index >= 15 is 0 Å². The predicted molar refractivity (Wildman–Crippen MR) is 52.9 cm³/mol. The molecule has 0 aliphatic carbocycles. The van der Waals surface area contributed by atoms with Crippen molar-refractivity contribution in [3.05, 3.63) is 36.7 Å². The smallest absolute Gasteiger partial charge is 0.167 e. The molecule has 5 nitrogen and oxygen atoms in total. The maximum absolute atomic E-state index is 5.46. The first-order valence-electron chi connectivity index (χ1n) is 4.34. The average Bonchev–Trinajstić information content (AvgIpc) is 2.31. The number of ether oxygens (including phenoxy) is 2. The van der Waals surface area contributed by atoms with Crippen molar-refractivity contribution in [2.75, 3.05) is 7.11 Å². The molecule has 5 heteroatoms. The molecule has 2 aromatic rings. The molecule has 2 rings (SSSR count). The molecule has 0 amide bonds. The van der Waals surface area contributed by atoms with Gasteiger partial charge >= 0.3 is 0 Å². The lowest BCUT2D eigenvalue weighted by Gasteiger charge is -2.04. The van der Waals surface area contributed by atoms with E-state index in [0.29, 0.717) is 11.5 Å². The summed E-state index contributed by atoms with van der Waals surface area (Å²) in [5, 5.41) is 10.6. The molecule has 0 saturated carbocycles. The van der Waals surface area contributed by atoms with Crippen LogP contribution >= 0.6 is 0 Å². The summed E-state index contributed by atoms with van der Waals surface area (Å²) in [6.07, 6.45) is 2.99. The Balaban J connectivity index is 2.11. The van der Waals surface area contributed by atoms with Gasteiger partial charge in [-0.2, -0.15) is 0 Å². The van der Waals surface area contributed by atoms with Crippen LogP contribution in [0.4, 0.5) is 0 Å². The van der Waals surface area contributed by atoms with Crippen LogP contribution in [-0.2, 0) is 0 Å². The summed E-state index contributed by atoms with van der Waals surface area (Å²) in [5.74, 6) is 2.04. The van der Waals surface area contributed by atoms with Crippen LogP contribution in [0.15, 0.2) is 36.7 Å². The van der Waals surface area contributed by atoms with Crippen LogP contribution in [0, 0.1) is 0 Å². The van der Waals surface area contributed by atoms with Gasteiger partial charge in [0.25, 0.3) is 0 Å². The SMILES string of the molecule is COc1ccc(Oc2cnnnc2)cc1. The highest BCUT2D eigenvalue weighted by Crippen LogP contribution is 2.21. The summed E-state index contributed by atoms with van der Waals surface area (Å²) >= 11 is 0. The molecule has 76 valence electrons. The van der Waals surface area contributed by atoms with Crippen molar-refractivity contribution in [2.45, 2.75) is 0 Å². The number of hydrogen-bond acceptors (Lipinski definition) is 5. The zero-order valence-corrected chi connectivity index (χ0v) is 8.12. The summed E-state index contributed by atoms with van der Waals surface area (Å²) < 4.78 is 10.5. The van der Waals surface area contributed by atoms with Gasteiger partial charge in [0.1, 0.15) is 11.5 Å². The molecule has 1 aromatic heterocycles. The predicted octanol–water partition coefficient (Wildman–Crippen LogP) is 1.67. The molecule has 0 spiro atoms. The minimum absolute atomic E-state index is 0.551. The molecule has 15 heavy (non-hydrogen) atoms. The molecule has 0 bridgehead atoms. The maximum Gasteiger partial charge on any atom is 0.167 e. The number of benzene rings is 1. The minimum atomic E-state index is 0.551. The van der Waals surface area contributed by atoms with Gasteiger partial charge in [-0.1, -0.05) is 0 Å². The minimum Gasteiger partial charge on any atom is -0.497 e. The second-order valence-electron chi connectivity index (χ2n) is 2.76. The lowest BCUT2D eigenvalue weighted by atomic mass is 10.3. The van der Waals surface area contributed by atoms with E-state index in [9.17, 15) is 0 Å². The molecular weight excluding hydrogens is 194 g/mol. The largest absolute Gasteiger partial charge is 0.497 e. The van der Waals surface area contributed by atoms with Crippen molar-refractivity contribution in [3.63, 3.8) is 0 Å². The first-order chi connectivity index (χ1) is 7.38. The van der Waals surface area contributed by atoms with Crippen molar-refractivity contribution in [2.24, 2.45) is 0 Å². The number of rotatable bonds is 3. The van der Waals surface area contributed by atoms with Crippen molar-refractivity contribution in [3.8, 4) is 17.2 Å². The van der Waals surface area contributed by atoms with Gasteiger partial charge in [-0.05, 0) is 29.5 Å². The third-order valence-corrected chi connectivity index (χ3v) is 1.77. The zero-order valence-electron chi connectivity index (χ0n) is 8.12. The fourth-order valence-corrected chi connectivity index (χ4v) is 1.06. The van der Waals surface area contributed by atoms with Gasteiger partial charge < -0.3 is 9.47 Å². The Morgan fingerprint density at radius 2 is 1.47 bits per heavy atom.